The van der Waals surface area contributed by atoms with E-state index in [9.17, 15) is 4.79 Å². The first kappa shape index (κ1) is 23.3. The van der Waals surface area contributed by atoms with Crippen LogP contribution in [0.3, 0.4) is 0 Å². The Morgan fingerprint density at radius 2 is 1.84 bits per heavy atom. The zero-order valence-corrected chi connectivity index (χ0v) is 20.9. The molecule has 2 nitrogen and oxygen atoms in total. The van der Waals surface area contributed by atoms with Crippen molar-refractivity contribution in [2.45, 2.75) is 97.5 Å². The third kappa shape index (κ3) is 4.11. The second-order valence-electron chi connectivity index (χ2n) is 11.7. The van der Waals surface area contributed by atoms with E-state index in [1.807, 2.05) is 0 Å². The molecule has 0 saturated heterocycles. The molecule has 0 bridgehead atoms. The lowest BCUT2D eigenvalue weighted by molar-refractivity contribution is -0.152. The van der Waals surface area contributed by atoms with Crippen molar-refractivity contribution < 1.29 is 9.53 Å². The Balaban J connectivity index is 1.60. The minimum Gasteiger partial charge on any atom is -0.459 e. The van der Waals surface area contributed by atoms with Gasteiger partial charge in [-0.25, -0.2) is 4.79 Å². The van der Waals surface area contributed by atoms with Gasteiger partial charge in [0.15, 0.2) is 0 Å². The molecule has 0 heterocycles. The van der Waals surface area contributed by atoms with Gasteiger partial charge in [-0.3, -0.25) is 0 Å². The first-order valence-corrected chi connectivity index (χ1v) is 12.8. The van der Waals surface area contributed by atoms with Gasteiger partial charge < -0.3 is 4.74 Å². The molecule has 0 radical (unpaired) electrons. The summed E-state index contributed by atoms with van der Waals surface area (Å²) < 4.78 is 6.45. The number of carbonyl (C=O) groups is 1. The monoisotopic (exact) mass is 434 g/mol. The topological polar surface area (TPSA) is 26.3 Å². The van der Waals surface area contributed by atoms with Crippen molar-refractivity contribution in [3.63, 3.8) is 0 Å². The van der Waals surface area contributed by atoms with Crippen molar-refractivity contribution >= 4 is 5.97 Å². The summed E-state index contributed by atoms with van der Waals surface area (Å²) in [6.45, 7) is 15.8. The van der Waals surface area contributed by atoms with Crippen LogP contribution in [0.4, 0.5) is 0 Å². The Morgan fingerprint density at radius 1 is 1.12 bits per heavy atom. The highest BCUT2D eigenvalue weighted by Gasteiger charge is 2.48. The van der Waals surface area contributed by atoms with E-state index in [4.69, 9.17) is 4.74 Å². The fourth-order valence-corrected chi connectivity index (χ4v) is 7.30. The molecule has 2 heteroatoms. The molecule has 4 rings (SSSR count). The molecule has 1 aromatic rings. The standard InChI is InChI=1S/C30H42O2/c1-20(2)24-16-17-25-23(13-10-18-30(24,25)6)28(31)32-27-19-21(3)14-15-26(27)29(4,5)22-11-8-7-9-12-22/h7-9,11-12,21,24,26-27H,1,10,13-19H2,2-6H3/t21-,24+,26-,27-,30-/m1/s1. The van der Waals surface area contributed by atoms with E-state index in [2.05, 4.69) is 71.5 Å². The molecule has 3 aliphatic rings. The maximum Gasteiger partial charge on any atom is 0.334 e. The molecule has 0 N–H and O–H groups in total. The minimum absolute atomic E-state index is 0.0129. The maximum absolute atomic E-state index is 13.6. The van der Waals surface area contributed by atoms with Gasteiger partial charge in [0, 0.05) is 11.5 Å². The van der Waals surface area contributed by atoms with Crippen LogP contribution in [0.15, 0.2) is 53.6 Å². The van der Waals surface area contributed by atoms with Crippen molar-refractivity contribution in [2.24, 2.45) is 23.2 Å². The lowest BCUT2D eigenvalue weighted by atomic mass is 9.64. The van der Waals surface area contributed by atoms with Crippen molar-refractivity contribution in [3.05, 3.63) is 59.2 Å². The van der Waals surface area contributed by atoms with Crippen LogP contribution in [0.2, 0.25) is 0 Å². The molecule has 2 saturated carbocycles. The van der Waals surface area contributed by atoms with E-state index in [1.165, 1.54) is 29.6 Å². The van der Waals surface area contributed by atoms with Gasteiger partial charge in [0.25, 0.3) is 0 Å². The molecule has 2 fully saturated rings. The van der Waals surface area contributed by atoms with Gasteiger partial charge in [0.2, 0.25) is 0 Å². The Morgan fingerprint density at radius 3 is 2.53 bits per heavy atom. The van der Waals surface area contributed by atoms with Crippen molar-refractivity contribution in [2.75, 3.05) is 0 Å². The van der Waals surface area contributed by atoms with Crippen molar-refractivity contribution in [1.82, 2.24) is 0 Å². The zero-order valence-electron chi connectivity index (χ0n) is 20.9. The van der Waals surface area contributed by atoms with Crippen LogP contribution in [0.25, 0.3) is 0 Å². The number of fused-ring (bicyclic) bond motifs is 1. The van der Waals surface area contributed by atoms with Crippen LogP contribution in [0.5, 0.6) is 0 Å². The molecule has 0 amide bonds. The van der Waals surface area contributed by atoms with Crippen LogP contribution in [0.1, 0.15) is 91.5 Å². The first-order chi connectivity index (χ1) is 15.1. The number of rotatable bonds is 5. The highest BCUT2D eigenvalue weighted by molar-refractivity contribution is 5.90. The van der Waals surface area contributed by atoms with E-state index >= 15 is 0 Å². The van der Waals surface area contributed by atoms with Crippen LogP contribution in [-0.4, -0.2) is 12.1 Å². The molecular weight excluding hydrogens is 392 g/mol. The van der Waals surface area contributed by atoms with Crippen LogP contribution < -0.4 is 0 Å². The van der Waals surface area contributed by atoms with E-state index in [-0.39, 0.29) is 22.9 Å². The predicted octanol–water partition coefficient (Wildman–Crippen LogP) is 7.79. The summed E-state index contributed by atoms with van der Waals surface area (Å²) in [7, 11) is 0. The van der Waals surface area contributed by atoms with Gasteiger partial charge in [0.05, 0.1) is 0 Å². The van der Waals surface area contributed by atoms with E-state index < -0.39 is 0 Å². The molecule has 32 heavy (non-hydrogen) atoms. The molecule has 1 aromatic carbocycles. The lowest BCUT2D eigenvalue weighted by Crippen LogP contribution is -2.44. The Bertz CT molecular complexity index is 893. The summed E-state index contributed by atoms with van der Waals surface area (Å²) in [5, 5.41) is 0. The number of hydrogen-bond donors (Lipinski definition) is 0. The van der Waals surface area contributed by atoms with Crippen molar-refractivity contribution in [3.8, 4) is 0 Å². The quantitative estimate of drug-likeness (QED) is 0.349. The van der Waals surface area contributed by atoms with E-state index in [1.54, 1.807) is 0 Å². The summed E-state index contributed by atoms with van der Waals surface area (Å²) in [6, 6.07) is 10.8. The number of benzene rings is 1. The fraction of sp³-hybridized carbons (Fsp3) is 0.633. The number of hydrogen-bond acceptors (Lipinski definition) is 2. The first-order valence-electron chi connectivity index (χ1n) is 12.8. The second-order valence-corrected chi connectivity index (χ2v) is 11.7. The fourth-order valence-electron chi connectivity index (χ4n) is 7.30. The van der Waals surface area contributed by atoms with Crippen molar-refractivity contribution in [1.29, 1.82) is 0 Å². The predicted molar refractivity (Wildman–Crippen MR) is 132 cm³/mol. The van der Waals surface area contributed by atoms with Crippen LogP contribution in [0, 0.1) is 23.2 Å². The third-order valence-electron chi connectivity index (χ3n) is 9.23. The Hall–Kier alpha value is -1.83. The molecule has 0 unspecified atom stereocenters. The normalized spacial score (nSPS) is 33.0. The van der Waals surface area contributed by atoms with Gasteiger partial charge in [-0.1, -0.05) is 82.2 Å². The largest absolute Gasteiger partial charge is 0.459 e. The Kier molecular flexibility index (Phi) is 6.45. The molecule has 3 aliphatic carbocycles. The summed E-state index contributed by atoms with van der Waals surface area (Å²) in [4.78, 5) is 13.6. The zero-order chi connectivity index (χ0) is 23.1. The van der Waals surface area contributed by atoms with E-state index in [0.29, 0.717) is 17.8 Å². The number of allylic oxidation sites excluding steroid dienone is 2. The average molecular weight is 435 g/mol. The minimum atomic E-state index is -0.0266. The molecule has 5 atom stereocenters. The van der Waals surface area contributed by atoms with Gasteiger partial charge in [-0.15, -0.1) is 0 Å². The Labute approximate surface area is 195 Å². The summed E-state index contributed by atoms with van der Waals surface area (Å²) in [6.07, 6.45) is 8.56. The number of esters is 1. The summed E-state index contributed by atoms with van der Waals surface area (Å²) >= 11 is 0. The van der Waals surface area contributed by atoms with Gasteiger partial charge in [-0.2, -0.15) is 0 Å². The van der Waals surface area contributed by atoms with Gasteiger partial charge in [-0.05, 0) is 80.1 Å². The van der Waals surface area contributed by atoms with Crippen LogP contribution >= 0.6 is 0 Å². The highest BCUT2D eigenvalue weighted by Crippen LogP contribution is 2.57. The van der Waals surface area contributed by atoms with Gasteiger partial charge >= 0.3 is 5.97 Å². The number of ether oxygens (including phenoxy) is 1. The second kappa shape index (κ2) is 8.84. The van der Waals surface area contributed by atoms with Crippen LogP contribution in [-0.2, 0) is 14.9 Å². The molecule has 174 valence electrons. The maximum atomic E-state index is 13.6. The third-order valence-corrected chi connectivity index (χ3v) is 9.23. The number of carbonyl (C=O) groups excluding carboxylic acids is 1. The SMILES string of the molecule is C=C(C)[C@@H]1CCC2=C(C(=O)O[C@@H]3C[C@H](C)CC[C@H]3C(C)(C)c3ccccc3)CCC[C@@]21C. The molecule has 0 aromatic heterocycles. The van der Waals surface area contributed by atoms with E-state index in [0.717, 1.165) is 44.1 Å². The smallest absolute Gasteiger partial charge is 0.334 e. The summed E-state index contributed by atoms with van der Waals surface area (Å²) in [5.74, 6) is 1.42. The lowest BCUT2D eigenvalue weighted by Gasteiger charge is -2.44. The molecule has 0 aliphatic heterocycles. The average Bonchev–Trinajstić information content (AvgIpc) is 3.11. The molecule has 0 spiro atoms. The molecular formula is C30H42O2. The summed E-state index contributed by atoms with van der Waals surface area (Å²) in [5.41, 5.74) is 5.06. The van der Waals surface area contributed by atoms with Gasteiger partial charge in [0.1, 0.15) is 6.10 Å². The highest BCUT2D eigenvalue weighted by atomic mass is 16.5.